The van der Waals surface area contributed by atoms with Crippen LogP contribution in [-0.2, 0) is 19.6 Å². The first-order valence-electron chi connectivity index (χ1n) is 19.8. The van der Waals surface area contributed by atoms with Crippen LogP contribution in [0.5, 0.6) is 0 Å². The van der Waals surface area contributed by atoms with Gasteiger partial charge in [0.25, 0.3) is 10.1 Å². The fraction of sp³-hybridized carbons (Fsp3) is 0.800. The van der Waals surface area contributed by atoms with Gasteiger partial charge in [0.05, 0.1) is 29.2 Å². The van der Waals surface area contributed by atoms with Crippen LogP contribution in [0.25, 0.3) is 0 Å². The van der Waals surface area contributed by atoms with Gasteiger partial charge in [0.1, 0.15) is 0 Å². The summed E-state index contributed by atoms with van der Waals surface area (Å²) in [6, 6.07) is 3.34. The number of carbonyl (C=O) groups excluding carboxylic acids is 2. The molecule has 0 radical (unpaired) electrons. The van der Waals surface area contributed by atoms with Gasteiger partial charge in [-0.2, -0.15) is 8.42 Å². The Morgan fingerprint density at radius 1 is 0.490 bits per heavy atom. The van der Waals surface area contributed by atoms with Gasteiger partial charge in [-0.15, -0.1) is 0 Å². The van der Waals surface area contributed by atoms with Crippen molar-refractivity contribution in [1.29, 1.82) is 0 Å². The monoisotopic (exact) mass is 718 g/mol. The molecule has 9 heteroatoms. The fourth-order valence-corrected chi connectivity index (χ4v) is 6.63. The summed E-state index contributed by atoms with van der Waals surface area (Å²) in [5, 5.41) is 0. The predicted molar refractivity (Wildman–Crippen MR) is 199 cm³/mol. The molecule has 0 unspecified atom stereocenters. The summed E-state index contributed by atoms with van der Waals surface area (Å²) in [6.07, 6.45) is 34.4. The van der Waals surface area contributed by atoms with Crippen LogP contribution in [-0.4, -0.2) is 38.1 Å². The van der Waals surface area contributed by atoms with Crippen molar-refractivity contribution in [3.05, 3.63) is 29.3 Å². The maximum Gasteiger partial charge on any atom is 1.00 e. The van der Waals surface area contributed by atoms with Gasteiger partial charge in [-0.3, -0.25) is 4.55 Å². The minimum atomic E-state index is -4.63. The predicted octanol–water partition coefficient (Wildman–Crippen LogP) is 9.33. The van der Waals surface area contributed by atoms with Crippen molar-refractivity contribution in [2.45, 2.75) is 199 Å². The Bertz CT molecular complexity index is 1000. The summed E-state index contributed by atoms with van der Waals surface area (Å²) < 4.78 is 44.0. The summed E-state index contributed by atoms with van der Waals surface area (Å²) in [7, 11) is -4.63. The molecule has 1 aromatic carbocycles. The van der Waals surface area contributed by atoms with Gasteiger partial charge in [0, 0.05) is 0 Å². The van der Waals surface area contributed by atoms with Gasteiger partial charge >= 0.3 is 41.5 Å². The van der Waals surface area contributed by atoms with E-state index in [1.54, 1.807) is 0 Å². The molecule has 0 atom stereocenters. The van der Waals surface area contributed by atoms with E-state index in [2.05, 4.69) is 13.8 Å². The average Bonchev–Trinajstić information content (AvgIpc) is 3.07. The molecule has 0 bridgehead atoms. The number of ether oxygens (including phenoxy) is 2. The maximum absolute atomic E-state index is 12.7. The average molecular weight is 719 g/mol. The third-order valence-corrected chi connectivity index (χ3v) is 9.97. The van der Waals surface area contributed by atoms with Gasteiger partial charge in [-0.05, 0) is 31.0 Å². The second-order valence-electron chi connectivity index (χ2n) is 13.7. The second kappa shape index (κ2) is 32.9. The number of unbranched alkanes of at least 4 members (excludes halogenated alkanes) is 26. The first-order chi connectivity index (χ1) is 23.3. The van der Waals surface area contributed by atoms with E-state index >= 15 is 0 Å². The second-order valence-corrected chi connectivity index (χ2v) is 15.1. The van der Waals surface area contributed by atoms with E-state index in [0.717, 1.165) is 50.7 Å². The number of carbonyl (C=O) groups is 2. The number of esters is 2. The van der Waals surface area contributed by atoms with Crippen LogP contribution >= 0.6 is 0 Å². The van der Waals surface area contributed by atoms with E-state index in [1.807, 2.05) is 0 Å². The van der Waals surface area contributed by atoms with Crippen molar-refractivity contribution in [2.24, 2.45) is 0 Å². The number of hydrogen-bond acceptors (Lipinski definition) is 6. The largest absolute Gasteiger partial charge is 1.00 e. The Balaban J connectivity index is 0. The first-order valence-corrected chi connectivity index (χ1v) is 21.2. The maximum atomic E-state index is 12.7. The van der Waals surface area contributed by atoms with Crippen LogP contribution in [0, 0.1) is 0 Å². The number of rotatable bonds is 33. The molecule has 0 fully saturated rings. The molecule has 0 aliphatic carbocycles. The van der Waals surface area contributed by atoms with Gasteiger partial charge in [0.15, 0.2) is 0 Å². The van der Waals surface area contributed by atoms with E-state index in [4.69, 9.17) is 9.47 Å². The Morgan fingerprint density at radius 3 is 0.980 bits per heavy atom. The van der Waals surface area contributed by atoms with Crippen molar-refractivity contribution in [2.75, 3.05) is 13.2 Å². The van der Waals surface area contributed by atoms with Crippen LogP contribution in [0.4, 0.5) is 0 Å². The number of benzene rings is 1. The molecule has 0 saturated heterocycles. The molecule has 7 nitrogen and oxygen atoms in total. The molecule has 0 aliphatic rings. The zero-order valence-corrected chi connectivity index (χ0v) is 34.6. The molecule has 0 spiro atoms. The molecule has 49 heavy (non-hydrogen) atoms. The van der Waals surface area contributed by atoms with Crippen LogP contribution in [0.1, 0.15) is 216 Å². The Hall–Kier alpha value is -0.930. The standard InChI is InChI=1S/C40H70O7S.Na.H/c1-3-5-7-9-11-13-15-17-19-21-23-25-27-29-31-46-39(41)36-33-37(35-38(34-36)48(43,44)45)40(42)47-32-30-28-26-24-22-20-18-16-14-12-10-8-6-4-2;;/h33-35H,3-32H2,1-2H3,(H,43,44,45);;/q;+1;-1. The van der Waals surface area contributed by atoms with Crippen molar-refractivity contribution in [1.82, 2.24) is 0 Å². The SMILES string of the molecule is CCCCCCCCCCCCCCCCOC(=O)c1cc(C(=O)OCCCCCCCCCCCCCCCC)cc(S(=O)(=O)O)c1.[H-].[Na+]. The summed E-state index contributed by atoms with van der Waals surface area (Å²) in [5.41, 5.74) is -0.196. The third-order valence-electron chi connectivity index (χ3n) is 9.14. The smallest absolute Gasteiger partial charge is 1.00 e. The van der Waals surface area contributed by atoms with Gasteiger partial charge in [-0.25, -0.2) is 9.59 Å². The van der Waals surface area contributed by atoms with Crippen molar-refractivity contribution >= 4 is 22.1 Å². The Labute approximate surface area is 324 Å². The zero-order chi connectivity index (χ0) is 35.1. The molecule has 280 valence electrons. The van der Waals surface area contributed by atoms with Gasteiger partial charge in [0.2, 0.25) is 0 Å². The third kappa shape index (κ3) is 27.4. The van der Waals surface area contributed by atoms with E-state index in [-0.39, 0.29) is 55.3 Å². The summed E-state index contributed by atoms with van der Waals surface area (Å²) in [4.78, 5) is 24.8. The van der Waals surface area contributed by atoms with Crippen LogP contribution in [0.2, 0.25) is 0 Å². The topological polar surface area (TPSA) is 107 Å². The van der Waals surface area contributed by atoms with Crippen molar-refractivity contribution < 1.29 is 63.0 Å². The van der Waals surface area contributed by atoms with Crippen molar-refractivity contribution in [3.63, 3.8) is 0 Å². The molecule has 0 amide bonds. The molecule has 0 aromatic heterocycles. The Morgan fingerprint density at radius 2 is 0.735 bits per heavy atom. The van der Waals surface area contributed by atoms with Gasteiger partial charge < -0.3 is 10.9 Å². The molecule has 1 rings (SSSR count). The molecule has 1 aromatic rings. The van der Waals surface area contributed by atoms with Crippen LogP contribution in [0.3, 0.4) is 0 Å². The van der Waals surface area contributed by atoms with E-state index < -0.39 is 27.0 Å². The van der Waals surface area contributed by atoms with E-state index in [1.165, 1.54) is 147 Å². The number of hydrogen-bond donors (Lipinski definition) is 1. The Kier molecular flexibility index (Phi) is 32.3. The van der Waals surface area contributed by atoms with Crippen LogP contribution < -0.4 is 29.6 Å². The minimum Gasteiger partial charge on any atom is -1.00 e. The molecule has 0 heterocycles. The van der Waals surface area contributed by atoms with E-state index in [0.29, 0.717) is 0 Å². The normalized spacial score (nSPS) is 11.3. The van der Waals surface area contributed by atoms with Crippen LogP contribution in [0.15, 0.2) is 23.1 Å². The van der Waals surface area contributed by atoms with E-state index in [9.17, 15) is 22.6 Å². The summed E-state index contributed by atoms with van der Waals surface area (Å²) in [5.74, 6) is -1.45. The zero-order valence-electron chi connectivity index (χ0n) is 32.8. The summed E-state index contributed by atoms with van der Waals surface area (Å²) in [6.45, 7) is 4.93. The molecule has 0 aliphatic heterocycles. The molecular formula is C40H71NaO7S. The fourth-order valence-electron chi connectivity index (χ4n) is 6.07. The molecule has 1 N–H and O–H groups in total. The molecule has 0 saturated carbocycles. The first kappa shape index (κ1) is 48.1. The summed E-state index contributed by atoms with van der Waals surface area (Å²) >= 11 is 0. The minimum absolute atomic E-state index is 0. The van der Waals surface area contributed by atoms with Gasteiger partial charge in [-0.1, -0.05) is 181 Å². The molecular weight excluding hydrogens is 647 g/mol. The van der Waals surface area contributed by atoms with Crippen molar-refractivity contribution in [3.8, 4) is 0 Å². The quantitative estimate of drug-likeness (QED) is 0.0334.